The van der Waals surface area contributed by atoms with Gasteiger partial charge in [0.15, 0.2) is 0 Å². The SMILES string of the molecule is CC1SCC(C(O)Cc2ccoc2)SC1C. The highest BCUT2D eigenvalue weighted by atomic mass is 32.2. The zero-order chi connectivity index (χ0) is 11.5. The van der Waals surface area contributed by atoms with Crippen molar-refractivity contribution >= 4 is 23.5 Å². The van der Waals surface area contributed by atoms with Crippen LogP contribution in [0, 0.1) is 0 Å². The third-order valence-corrected chi connectivity index (χ3v) is 6.56. The van der Waals surface area contributed by atoms with E-state index in [4.69, 9.17) is 4.42 Å². The summed E-state index contributed by atoms with van der Waals surface area (Å²) in [7, 11) is 0. The number of hydrogen-bond donors (Lipinski definition) is 1. The van der Waals surface area contributed by atoms with Gasteiger partial charge in [-0.25, -0.2) is 0 Å². The van der Waals surface area contributed by atoms with E-state index in [0.717, 1.165) is 11.3 Å². The van der Waals surface area contributed by atoms with Crippen molar-refractivity contribution in [2.24, 2.45) is 0 Å². The van der Waals surface area contributed by atoms with Crippen molar-refractivity contribution in [1.29, 1.82) is 0 Å². The molecular weight excluding hydrogens is 240 g/mol. The lowest BCUT2D eigenvalue weighted by Crippen LogP contribution is -2.35. The molecular formula is C12H18O2S2. The Kier molecular flexibility index (Phi) is 4.27. The van der Waals surface area contributed by atoms with Crippen LogP contribution in [-0.2, 0) is 6.42 Å². The molecule has 1 aliphatic heterocycles. The average molecular weight is 258 g/mol. The van der Waals surface area contributed by atoms with Crippen molar-refractivity contribution in [2.75, 3.05) is 5.75 Å². The van der Waals surface area contributed by atoms with Crippen molar-refractivity contribution in [3.05, 3.63) is 24.2 Å². The second-order valence-corrected chi connectivity index (χ2v) is 7.35. The summed E-state index contributed by atoms with van der Waals surface area (Å²) in [5.41, 5.74) is 1.09. The van der Waals surface area contributed by atoms with Crippen LogP contribution in [0.4, 0.5) is 0 Å². The Hall–Kier alpha value is -0.0600. The molecule has 0 bridgehead atoms. The van der Waals surface area contributed by atoms with Crippen molar-refractivity contribution in [1.82, 2.24) is 0 Å². The Morgan fingerprint density at radius 1 is 1.50 bits per heavy atom. The Balaban J connectivity index is 1.88. The van der Waals surface area contributed by atoms with Gasteiger partial charge in [-0.3, -0.25) is 0 Å². The predicted octanol–water partition coefficient (Wildman–Crippen LogP) is 2.81. The lowest BCUT2D eigenvalue weighted by molar-refractivity contribution is 0.177. The van der Waals surface area contributed by atoms with E-state index < -0.39 is 0 Å². The van der Waals surface area contributed by atoms with E-state index in [2.05, 4.69) is 13.8 Å². The molecule has 2 heterocycles. The first-order valence-corrected chi connectivity index (χ1v) is 7.62. The normalized spacial score (nSPS) is 32.6. The fourth-order valence-electron chi connectivity index (χ4n) is 1.79. The van der Waals surface area contributed by atoms with Crippen LogP contribution in [-0.4, -0.2) is 32.7 Å². The summed E-state index contributed by atoms with van der Waals surface area (Å²) in [6.07, 6.45) is 3.83. The van der Waals surface area contributed by atoms with E-state index in [1.165, 1.54) is 0 Å². The molecule has 0 aliphatic carbocycles. The number of furan rings is 1. The van der Waals surface area contributed by atoms with Gasteiger partial charge in [-0.2, -0.15) is 23.5 Å². The first-order chi connectivity index (χ1) is 7.66. The minimum Gasteiger partial charge on any atom is -0.472 e. The second-order valence-electron chi connectivity index (χ2n) is 4.32. The molecule has 16 heavy (non-hydrogen) atoms. The fourth-order valence-corrected chi connectivity index (χ4v) is 4.81. The molecule has 4 atom stereocenters. The summed E-state index contributed by atoms with van der Waals surface area (Å²) in [4.78, 5) is 0. The van der Waals surface area contributed by atoms with Gasteiger partial charge in [-0.05, 0) is 11.6 Å². The second kappa shape index (κ2) is 5.52. The average Bonchev–Trinajstić information content (AvgIpc) is 2.74. The van der Waals surface area contributed by atoms with Gasteiger partial charge in [0.2, 0.25) is 0 Å². The third-order valence-electron chi connectivity index (χ3n) is 3.03. The molecule has 4 unspecified atom stereocenters. The summed E-state index contributed by atoms with van der Waals surface area (Å²) < 4.78 is 5.02. The number of aliphatic hydroxyl groups is 1. The number of hydrogen-bond acceptors (Lipinski definition) is 4. The minimum absolute atomic E-state index is 0.259. The lowest BCUT2D eigenvalue weighted by atomic mass is 10.1. The smallest absolute Gasteiger partial charge is 0.0935 e. The first-order valence-electron chi connectivity index (χ1n) is 5.63. The molecule has 1 aromatic rings. The molecule has 2 rings (SSSR count). The summed E-state index contributed by atoms with van der Waals surface area (Å²) in [5.74, 6) is 1.05. The predicted molar refractivity (Wildman–Crippen MR) is 71.2 cm³/mol. The molecule has 4 heteroatoms. The minimum atomic E-state index is -0.259. The van der Waals surface area contributed by atoms with Crippen LogP contribution in [0.1, 0.15) is 19.4 Å². The van der Waals surface area contributed by atoms with E-state index in [9.17, 15) is 5.11 Å². The standard InChI is InChI=1S/C12H18O2S2/c1-8-9(2)16-12(7-15-8)11(13)5-10-3-4-14-6-10/h3-4,6,8-9,11-13H,5,7H2,1-2H3. The van der Waals surface area contributed by atoms with Crippen LogP contribution < -0.4 is 0 Å². The highest BCUT2D eigenvalue weighted by Crippen LogP contribution is 2.37. The molecule has 1 N–H and O–H groups in total. The lowest BCUT2D eigenvalue weighted by Gasteiger charge is -2.33. The van der Waals surface area contributed by atoms with Crippen LogP contribution in [0.5, 0.6) is 0 Å². The molecule has 0 amide bonds. The highest BCUT2D eigenvalue weighted by Gasteiger charge is 2.30. The summed E-state index contributed by atoms with van der Waals surface area (Å²) in [6, 6.07) is 1.93. The van der Waals surface area contributed by atoms with Crippen LogP contribution >= 0.6 is 23.5 Å². The zero-order valence-corrected chi connectivity index (χ0v) is 11.3. The quantitative estimate of drug-likeness (QED) is 0.904. The summed E-state index contributed by atoms with van der Waals surface area (Å²) in [6.45, 7) is 4.51. The zero-order valence-electron chi connectivity index (χ0n) is 9.63. The van der Waals surface area contributed by atoms with Crippen molar-refractivity contribution < 1.29 is 9.52 Å². The van der Waals surface area contributed by atoms with Gasteiger partial charge in [0.25, 0.3) is 0 Å². The molecule has 90 valence electrons. The van der Waals surface area contributed by atoms with Gasteiger partial charge < -0.3 is 9.52 Å². The van der Waals surface area contributed by atoms with E-state index in [0.29, 0.717) is 22.2 Å². The van der Waals surface area contributed by atoms with Crippen LogP contribution in [0.15, 0.2) is 23.0 Å². The van der Waals surface area contributed by atoms with E-state index in [1.807, 2.05) is 29.6 Å². The van der Waals surface area contributed by atoms with Gasteiger partial charge in [0.1, 0.15) is 0 Å². The molecule has 1 saturated heterocycles. The number of thioether (sulfide) groups is 2. The molecule has 0 saturated carbocycles. The first kappa shape index (κ1) is 12.4. The molecule has 1 aliphatic rings. The number of aliphatic hydroxyl groups excluding tert-OH is 1. The molecule has 0 radical (unpaired) electrons. The van der Waals surface area contributed by atoms with Gasteiger partial charge in [0.05, 0.1) is 18.6 Å². The molecule has 1 fully saturated rings. The van der Waals surface area contributed by atoms with Crippen molar-refractivity contribution in [3.8, 4) is 0 Å². The highest BCUT2D eigenvalue weighted by molar-refractivity contribution is 8.07. The topological polar surface area (TPSA) is 33.4 Å². The Bertz CT molecular complexity index is 313. The maximum Gasteiger partial charge on any atom is 0.0935 e. The van der Waals surface area contributed by atoms with E-state index in [-0.39, 0.29) is 6.10 Å². The molecule has 0 spiro atoms. The maximum atomic E-state index is 10.2. The van der Waals surface area contributed by atoms with Gasteiger partial charge in [-0.15, -0.1) is 0 Å². The Morgan fingerprint density at radius 3 is 2.94 bits per heavy atom. The molecule has 1 aromatic heterocycles. The number of rotatable bonds is 3. The van der Waals surface area contributed by atoms with Gasteiger partial charge >= 0.3 is 0 Å². The Labute approximate surface area is 105 Å². The largest absolute Gasteiger partial charge is 0.472 e. The van der Waals surface area contributed by atoms with E-state index >= 15 is 0 Å². The maximum absolute atomic E-state index is 10.2. The van der Waals surface area contributed by atoms with Crippen LogP contribution in [0.2, 0.25) is 0 Å². The summed E-state index contributed by atoms with van der Waals surface area (Å²) in [5, 5.41) is 11.9. The van der Waals surface area contributed by atoms with Gasteiger partial charge in [-0.1, -0.05) is 13.8 Å². The van der Waals surface area contributed by atoms with Crippen LogP contribution in [0.3, 0.4) is 0 Å². The fraction of sp³-hybridized carbons (Fsp3) is 0.667. The van der Waals surface area contributed by atoms with Crippen molar-refractivity contribution in [3.63, 3.8) is 0 Å². The van der Waals surface area contributed by atoms with Crippen LogP contribution in [0.25, 0.3) is 0 Å². The Morgan fingerprint density at radius 2 is 2.31 bits per heavy atom. The van der Waals surface area contributed by atoms with Crippen molar-refractivity contribution in [2.45, 2.75) is 42.1 Å². The molecule has 0 aromatic carbocycles. The molecule has 2 nitrogen and oxygen atoms in total. The monoisotopic (exact) mass is 258 g/mol. The summed E-state index contributed by atoms with van der Waals surface area (Å²) >= 11 is 3.89. The van der Waals surface area contributed by atoms with Gasteiger partial charge in [0, 0.05) is 27.9 Å². The third kappa shape index (κ3) is 2.99. The van der Waals surface area contributed by atoms with E-state index in [1.54, 1.807) is 12.5 Å².